The molecule has 1 aromatic carbocycles. The Morgan fingerprint density at radius 2 is 1.89 bits per heavy atom. The molecule has 0 fully saturated rings. The van der Waals surface area contributed by atoms with E-state index in [1.54, 1.807) is 36.8 Å². The zero-order chi connectivity index (χ0) is 31.8. The average molecular weight is 631 g/mol. The summed E-state index contributed by atoms with van der Waals surface area (Å²) in [6.07, 6.45) is 6.56. The Hall–Kier alpha value is -4.06. The van der Waals surface area contributed by atoms with Crippen molar-refractivity contribution < 1.29 is 14.3 Å². The molecule has 0 unspecified atom stereocenters. The van der Waals surface area contributed by atoms with Crippen molar-refractivity contribution in [2.45, 2.75) is 38.8 Å². The molecule has 45 heavy (non-hydrogen) atoms. The molecule has 2 aliphatic rings. The van der Waals surface area contributed by atoms with Crippen molar-refractivity contribution in [3.63, 3.8) is 0 Å². The Kier molecular flexibility index (Phi) is 8.76. The molecule has 0 amide bonds. The summed E-state index contributed by atoms with van der Waals surface area (Å²) in [5.41, 5.74) is 5.39. The van der Waals surface area contributed by atoms with Gasteiger partial charge in [-0.15, -0.1) is 11.3 Å². The van der Waals surface area contributed by atoms with Gasteiger partial charge in [0.2, 0.25) is 0 Å². The van der Waals surface area contributed by atoms with Crippen LogP contribution in [-0.2, 0) is 33.0 Å². The van der Waals surface area contributed by atoms with Crippen molar-refractivity contribution in [1.82, 2.24) is 14.5 Å². The summed E-state index contributed by atoms with van der Waals surface area (Å²) in [5, 5.41) is 13.8. The minimum Gasteiger partial charge on any atom is -0.392 e. The molecular weight excluding hydrogens is 591 g/mol. The van der Waals surface area contributed by atoms with Crippen molar-refractivity contribution in [3.8, 4) is 11.1 Å². The molecule has 0 saturated heterocycles. The maximum atomic E-state index is 15.3. The van der Waals surface area contributed by atoms with Crippen LogP contribution in [0.1, 0.15) is 44.1 Å². The lowest BCUT2D eigenvalue weighted by atomic mass is 9.90. The molecule has 0 bridgehead atoms. The number of carbonyl (C=O) groups excluding carboxylic acids is 1. The summed E-state index contributed by atoms with van der Waals surface area (Å²) in [4.78, 5) is 39.0. The maximum Gasteiger partial charge on any atom is 0.274 e. The zero-order valence-corrected chi connectivity index (χ0v) is 27.0. The normalized spacial score (nSPS) is 14.5. The molecule has 2 N–H and O–H groups in total. The van der Waals surface area contributed by atoms with E-state index in [2.05, 4.69) is 25.0 Å². The van der Waals surface area contributed by atoms with E-state index in [1.165, 1.54) is 21.6 Å². The average Bonchev–Trinajstić information content (AvgIpc) is 3.41. The number of nitrogens with one attached hydrogen (secondary N) is 1. The molecule has 9 nitrogen and oxygen atoms in total. The van der Waals surface area contributed by atoms with E-state index in [0.29, 0.717) is 59.8 Å². The molecular formula is C34H39FN6O3S. The molecule has 236 valence electrons. The number of likely N-dealkylation sites (N-methyl/N-ethyl adjacent to an activating group) is 2. The van der Waals surface area contributed by atoms with Crippen LogP contribution in [0.25, 0.3) is 11.1 Å². The van der Waals surface area contributed by atoms with Crippen LogP contribution >= 0.6 is 11.3 Å². The third-order valence-electron chi connectivity index (χ3n) is 8.73. The highest BCUT2D eigenvalue weighted by atomic mass is 32.1. The van der Waals surface area contributed by atoms with Crippen LogP contribution in [0.2, 0.25) is 0 Å². The highest BCUT2D eigenvalue weighted by molar-refractivity contribution is 7.12. The summed E-state index contributed by atoms with van der Waals surface area (Å²) in [6, 6.07) is 8.35. The molecule has 0 radical (unpaired) electrons. The van der Waals surface area contributed by atoms with E-state index in [-0.39, 0.29) is 17.9 Å². The predicted octanol–water partition coefficient (Wildman–Crippen LogP) is 4.96. The Labute approximate surface area is 266 Å². The van der Waals surface area contributed by atoms with Gasteiger partial charge in [-0.05, 0) is 74.8 Å². The van der Waals surface area contributed by atoms with E-state index >= 15 is 4.39 Å². The van der Waals surface area contributed by atoms with E-state index in [1.807, 2.05) is 33.3 Å². The summed E-state index contributed by atoms with van der Waals surface area (Å²) in [5.74, 6) is 0.323. The zero-order valence-electron chi connectivity index (χ0n) is 26.2. The third kappa shape index (κ3) is 6.25. The van der Waals surface area contributed by atoms with Crippen LogP contribution in [0.15, 0.2) is 47.5 Å². The van der Waals surface area contributed by atoms with Crippen LogP contribution in [0.5, 0.6) is 0 Å². The second-order valence-electron chi connectivity index (χ2n) is 12.2. The number of pyridine rings is 2. The number of aliphatic hydroxyl groups is 1. The molecule has 1 aliphatic carbocycles. The summed E-state index contributed by atoms with van der Waals surface area (Å²) >= 11 is 1.69. The number of ketones is 1. The van der Waals surface area contributed by atoms with Gasteiger partial charge in [-0.3, -0.25) is 9.59 Å². The number of aromatic nitrogens is 2. The van der Waals surface area contributed by atoms with Crippen LogP contribution in [-0.4, -0.2) is 66.1 Å². The van der Waals surface area contributed by atoms with E-state index in [4.69, 9.17) is 0 Å². The highest BCUT2D eigenvalue weighted by Gasteiger charge is 2.31. The van der Waals surface area contributed by atoms with Gasteiger partial charge < -0.3 is 29.7 Å². The van der Waals surface area contributed by atoms with Crippen molar-refractivity contribution in [1.29, 1.82) is 0 Å². The first-order chi connectivity index (χ1) is 21.6. The lowest BCUT2D eigenvalue weighted by molar-refractivity contribution is 0.0972. The fraction of sp³-hybridized carbons (Fsp3) is 0.382. The number of nitrogens with zero attached hydrogens (tertiary/aromatic N) is 5. The number of benzene rings is 1. The van der Waals surface area contributed by atoms with Gasteiger partial charge in [-0.2, -0.15) is 0 Å². The maximum absolute atomic E-state index is 15.3. The van der Waals surface area contributed by atoms with Crippen LogP contribution in [0.3, 0.4) is 0 Å². The Morgan fingerprint density at radius 1 is 1.07 bits per heavy atom. The first kappa shape index (κ1) is 30.9. The molecule has 4 aromatic rings. The van der Waals surface area contributed by atoms with Crippen molar-refractivity contribution in [2.75, 3.05) is 55.9 Å². The monoisotopic (exact) mass is 630 g/mol. The fourth-order valence-corrected chi connectivity index (χ4v) is 7.71. The number of rotatable bonds is 9. The second kappa shape index (κ2) is 12.7. The van der Waals surface area contributed by atoms with Crippen LogP contribution < -0.4 is 20.7 Å². The number of anilines is 4. The molecule has 3 aromatic heterocycles. The lowest BCUT2D eigenvalue weighted by Gasteiger charge is -2.32. The number of carbonyl (C=O) groups is 1. The van der Waals surface area contributed by atoms with Gasteiger partial charge in [0.1, 0.15) is 17.3 Å². The number of Topliss-reactive ketones (excluding diaryl/α,β-unsaturated/α-hetero) is 1. The summed E-state index contributed by atoms with van der Waals surface area (Å²) < 4.78 is 16.7. The Bertz CT molecular complexity index is 1800. The van der Waals surface area contributed by atoms with Gasteiger partial charge in [0.15, 0.2) is 5.78 Å². The number of aryl methyl sites for hydroxylation is 2. The number of fused-ring (bicyclic) bond motifs is 3. The van der Waals surface area contributed by atoms with E-state index in [0.717, 1.165) is 47.6 Å². The van der Waals surface area contributed by atoms with Gasteiger partial charge in [0, 0.05) is 78.5 Å². The fourth-order valence-electron chi connectivity index (χ4n) is 6.28. The Morgan fingerprint density at radius 3 is 2.62 bits per heavy atom. The van der Waals surface area contributed by atoms with Gasteiger partial charge in [0.05, 0.1) is 25.0 Å². The smallest absolute Gasteiger partial charge is 0.274 e. The molecule has 4 heterocycles. The topological polar surface area (TPSA) is 93.9 Å². The largest absolute Gasteiger partial charge is 0.392 e. The lowest BCUT2D eigenvalue weighted by Crippen LogP contribution is -2.31. The van der Waals surface area contributed by atoms with Gasteiger partial charge >= 0.3 is 0 Å². The minimum atomic E-state index is -0.428. The summed E-state index contributed by atoms with van der Waals surface area (Å²) in [7, 11) is 7.73. The number of hydrogen-bond acceptors (Lipinski definition) is 9. The van der Waals surface area contributed by atoms with Gasteiger partial charge in [-0.25, -0.2) is 9.37 Å². The van der Waals surface area contributed by atoms with Gasteiger partial charge in [-0.1, -0.05) is 0 Å². The second-order valence-corrected chi connectivity index (χ2v) is 13.4. The SMILES string of the molecule is CN(C)CCN(C)c1ccc(Nc2cc(-c3cc(F)cc(N4CCc5c(sc6c5C(=O)CCC6)C4)c3CO)cn(C)c2=O)nc1. The Balaban J connectivity index is 1.30. The van der Waals surface area contributed by atoms with Crippen molar-refractivity contribution in [2.24, 2.45) is 7.05 Å². The number of aliphatic hydroxyl groups excluding tert-OH is 1. The molecule has 6 rings (SSSR count). The summed E-state index contributed by atoms with van der Waals surface area (Å²) in [6.45, 7) is 2.63. The minimum absolute atomic E-state index is 0.240. The predicted molar refractivity (Wildman–Crippen MR) is 179 cm³/mol. The first-order valence-electron chi connectivity index (χ1n) is 15.3. The van der Waals surface area contributed by atoms with E-state index in [9.17, 15) is 14.7 Å². The molecule has 0 spiro atoms. The van der Waals surface area contributed by atoms with Crippen molar-refractivity contribution >= 4 is 40.0 Å². The first-order valence-corrected chi connectivity index (χ1v) is 16.1. The molecule has 11 heteroatoms. The molecule has 1 aliphatic heterocycles. The van der Waals surface area contributed by atoms with Crippen LogP contribution in [0, 0.1) is 5.82 Å². The molecule has 0 atom stereocenters. The number of thiophene rings is 1. The van der Waals surface area contributed by atoms with Crippen molar-refractivity contribution in [3.05, 3.63) is 85.3 Å². The molecule has 0 saturated carbocycles. The van der Waals surface area contributed by atoms with Gasteiger partial charge in [0.25, 0.3) is 5.56 Å². The number of halogens is 1. The third-order valence-corrected chi connectivity index (χ3v) is 10.0. The highest BCUT2D eigenvalue weighted by Crippen LogP contribution is 2.41. The quantitative estimate of drug-likeness (QED) is 0.268. The standard InChI is InChI=1S/C34H39FN6O3S/c1-38(2)12-13-39(3)23-8-9-32(36-17-23)37-27-14-21(18-40(4)34(27)44)25-15-22(35)16-28(26(25)20-42)41-11-10-24-31(19-41)45-30-7-5-6-29(43)33(24)30/h8-9,14-18,42H,5-7,10-13,19-20H2,1-4H3,(H,36,37). The van der Waals surface area contributed by atoms with Crippen LogP contribution in [0.4, 0.5) is 27.3 Å². The van der Waals surface area contributed by atoms with E-state index < -0.39 is 5.82 Å². The number of hydrogen-bond donors (Lipinski definition) is 2.